The average molecular weight is 429 g/mol. The fraction of sp³-hybridized carbons (Fsp3) is 0.304. The molecule has 0 radical (unpaired) electrons. The Morgan fingerprint density at radius 1 is 1.03 bits per heavy atom. The Morgan fingerprint density at radius 2 is 1.79 bits per heavy atom. The summed E-state index contributed by atoms with van der Waals surface area (Å²) >= 11 is 12.1. The molecule has 4 rings (SSSR count). The van der Waals surface area contributed by atoms with Gasteiger partial charge in [0.2, 0.25) is 5.91 Å². The molecule has 2 aromatic carbocycles. The Hall–Kier alpha value is -2.30. The van der Waals surface area contributed by atoms with Gasteiger partial charge in [0, 0.05) is 33.3 Å². The van der Waals surface area contributed by atoms with E-state index >= 15 is 0 Å². The normalized spacial score (nSPS) is 14.7. The van der Waals surface area contributed by atoms with E-state index in [1.807, 2.05) is 36.4 Å². The van der Waals surface area contributed by atoms with Gasteiger partial charge in [-0.3, -0.25) is 4.79 Å². The second-order valence-corrected chi connectivity index (χ2v) is 8.21. The molecule has 1 heterocycles. The van der Waals surface area contributed by atoms with Crippen molar-refractivity contribution in [2.75, 3.05) is 0 Å². The highest BCUT2D eigenvalue weighted by molar-refractivity contribution is 6.35. The van der Waals surface area contributed by atoms with Crippen LogP contribution in [0.4, 0.5) is 0 Å². The van der Waals surface area contributed by atoms with Crippen molar-refractivity contribution in [3.8, 4) is 17.0 Å². The molecule has 0 atom stereocenters. The lowest BCUT2D eigenvalue weighted by molar-refractivity contribution is 0.0784. The number of nitrogens with zero attached hydrogens (tertiary/aromatic N) is 2. The molecule has 0 amide bonds. The third kappa shape index (κ3) is 4.82. The van der Waals surface area contributed by atoms with Crippen LogP contribution in [0.3, 0.4) is 0 Å². The van der Waals surface area contributed by atoms with Crippen LogP contribution in [-0.2, 0) is 6.61 Å². The second-order valence-electron chi connectivity index (χ2n) is 7.37. The summed E-state index contributed by atoms with van der Waals surface area (Å²) in [7, 11) is 0. The minimum atomic E-state index is 0.104. The molecule has 6 heteroatoms. The van der Waals surface area contributed by atoms with Gasteiger partial charge in [-0.1, -0.05) is 48.5 Å². The molecule has 1 aliphatic rings. The molecular formula is C23H22Cl2N2O2. The van der Waals surface area contributed by atoms with E-state index in [-0.39, 0.29) is 11.8 Å². The Bertz CT molecular complexity index is 992. The van der Waals surface area contributed by atoms with E-state index in [0.29, 0.717) is 16.7 Å². The maximum Gasteiger partial charge on any atom is 0.249 e. The van der Waals surface area contributed by atoms with Crippen LogP contribution in [0.25, 0.3) is 11.3 Å². The molecular weight excluding hydrogens is 407 g/mol. The fourth-order valence-electron chi connectivity index (χ4n) is 3.66. The zero-order valence-electron chi connectivity index (χ0n) is 16.0. The monoisotopic (exact) mass is 428 g/mol. The van der Waals surface area contributed by atoms with E-state index in [2.05, 4.69) is 5.10 Å². The lowest BCUT2D eigenvalue weighted by atomic mass is 9.89. The Morgan fingerprint density at radius 3 is 2.52 bits per heavy atom. The highest BCUT2D eigenvalue weighted by Gasteiger charge is 2.23. The van der Waals surface area contributed by atoms with E-state index in [0.717, 1.165) is 48.3 Å². The highest BCUT2D eigenvalue weighted by atomic mass is 35.5. The standard InChI is InChI=1S/C23H22Cl2N2O2/c24-19-9-6-18(21(25)14-19)15-29-20-10-7-16(8-11-20)22-12-13-27(26-22)23(28)17-4-2-1-3-5-17/h6-14,17H,1-5,15H2. The third-order valence-corrected chi connectivity index (χ3v) is 5.92. The maximum atomic E-state index is 12.6. The van der Waals surface area contributed by atoms with Gasteiger partial charge in [0.05, 0.1) is 5.69 Å². The first-order valence-corrected chi connectivity index (χ1v) is 10.6. The summed E-state index contributed by atoms with van der Waals surface area (Å²) in [4.78, 5) is 12.6. The summed E-state index contributed by atoms with van der Waals surface area (Å²) in [5.41, 5.74) is 2.60. The molecule has 1 aromatic heterocycles. The van der Waals surface area contributed by atoms with Crippen molar-refractivity contribution in [2.45, 2.75) is 38.7 Å². The topological polar surface area (TPSA) is 44.1 Å². The van der Waals surface area contributed by atoms with Gasteiger partial charge in [-0.25, -0.2) is 4.68 Å². The minimum Gasteiger partial charge on any atom is -0.489 e. The number of carbonyl (C=O) groups excluding carboxylic acids is 1. The quantitative estimate of drug-likeness (QED) is 0.456. The van der Waals surface area contributed by atoms with Crippen LogP contribution in [0.5, 0.6) is 5.75 Å². The summed E-state index contributed by atoms with van der Waals surface area (Å²) in [6.07, 6.45) is 7.20. The molecule has 0 bridgehead atoms. The third-order valence-electron chi connectivity index (χ3n) is 5.33. The minimum absolute atomic E-state index is 0.104. The predicted octanol–water partition coefficient (Wildman–Crippen LogP) is 6.66. The molecule has 3 aromatic rings. The van der Waals surface area contributed by atoms with Crippen molar-refractivity contribution in [1.29, 1.82) is 0 Å². The summed E-state index contributed by atoms with van der Waals surface area (Å²) < 4.78 is 7.32. The molecule has 4 nitrogen and oxygen atoms in total. The number of hydrogen-bond acceptors (Lipinski definition) is 3. The van der Waals surface area contributed by atoms with Crippen molar-refractivity contribution < 1.29 is 9.53 Å². The van der Waals surface area contributed by atoms with Gasteiger partial charge in [0.25, 0.3) is 0 Å². The summed E-state index contributed by atoms with van der Waals surface area (Å²) in [5.74, 6) is 0.945. The summed E-state index contributed by atoms with van der Waals surface area (Å²) in [5, 5.41) is 5.68. The van der Waals surface area contributed by atoms with Gasteiger partial charge in [-0.2, -0.15) is 5.10 Å². The molecule has 0 saturated heterocycles. The van der Waals surface area contributed by atoms with Crippen molar-refractivity contribution in [3.63, 3.8) is 0 Å². The number of ether oxygens (including phenoxy) is 1. The SMILES string of the molecule is O=C(C1CCCCC1)n1ccc(-c2ccc(OCc3ccc(Cl)cc3Cl)cc2)n1. The molecule has 1 fully saturated rings. The van der Waals surface area contributed by atoms with Crippen molar-refractivity contribution >= 4 is 29.1 Å². The van der Waals surface area contributed by atoms with Crippen molar-refractivity contribution in [1.82, 2.24) is 9.78 Å². The van der Waals surface area contributed by atoms with Crippen LogP contribution in [0.15, 0.2) is 54.7 Å². The van der Waals surface area contributed by atoms with E-state index in [9.17, 15) is 4.79 Å². The van der Waals surface area contributed by atoms with Gasteiger partial charge in [-0.05, 0) is 55.3 Å². The van der Waals surface area contributed by atoms with Crippen molar-refractivity contribution in [3.05, 3.63) is 70.3 Å². The van der Waals surface area contributed by atoms with E-state index in [4.69, 9.17) is 27.9 Å². The first-order valence-electron chi connectivity index (χ1n) is 9.87. The number of halogens is 2. The van der Waals surface area contributed by atoms with Crippen LogP contribution < -0.4 is 4.74 Å². The number of aromatic nitrogens is 2. The Kier molecular flexibility index (Phi) is 6.22. The van der Waals surface area contributed by atoms with Gasteiger partial charge in [0.1, 0.15) is 12.4 Å². The number of benzene rings is 2. The first kappa shape index (κ1) is 20.0. The average Bonchev–Trinajstić information content (AvgIpc) is 3.24. The van der Waals surface area contributed by atoms with Crippen LogP contribution >= 0.6 is 23.2 Å². The van der Waals surface area contributed by atoms with Gasteiger partial charge in [-0.15, -0.1) is 0 Å². The van der Waals surface area contributed by atoms with E-state index < -0.39 is 0 Å². The predicted molar refractivity (Wildman–Crippen MR) is 116 cm³/mol. The molecule has 150 valence electrons. The largest absolute Gasteiger partial charge is 0.489 e. The van der Waals surface area contributed by atoms with Gasteiger partial charge in [0.15, 0.2) is 0 Å². The Balaban J connectivity index is 1.40. The fourth-order valence-corrected chi connectivity index (χ4v) is 4.12. The van der Waals surface area contributed by atoms with Gasteiger partial charge >= 0.3 is 0 Å². The lowest BCUT2D eigenvalue weighted by Gasteiger charge is -2.19. The van der Waals surface area contributed by atoms with E-state index in [1.54, 1.807) is 18.3 Å². The zero-order chi connectivity index (χ0) is 20.2. The van der Waals surface area contributed by atoms with Crippen LogP contribution in [0.1, 0.15) is 42.5 Å². The maximum absolute atomic E-state index is 12.6. The highest BCUT2D eigenvalue weighted by Crippen LogP contribution is 2.27. The van der Waals surface area contributed by atoms with E-state index in [1.165, 1.54) is 11.1 Å². The lowest BCUT2D eigenvalue weighted by Crippen LogP contribution is -2.24. The molecule has 0 aliphatic heterocycles. The molecule has 29 heavy (non-hydrogen) atoms. The first-order chi connectivity index (χ1) is 14.1. The van der Waals surface area contributed by atoms with Crippen LogP contribution in [0, 0.1) is 5.92 Å². The van der Waals surface area contributed by atoms with Crippen molar-refractivity contribution in [2.24, 2.45) is 5.92 Å². The van der Waals surface area contributed by atoms with Crippen LogP contribution in [0.2, 0.25) is 10.0 Å². The molecule has 0 unspecified atom stereocenters. The van der Waals surface area contributed by atoms with Crippen LogP contribution in [-0.4, -0.2) is 15.7 Å². The smallest absolute Gasteiger partial charge is 0.249 e. The number of rotatable bonds is 5. The molecule has 1 saturated carbocycles. The number of carbonyl (C=O) groups is 1. The molecule has 0 spiro atoms. The second kappa shape index (κ2) is 9.02. The summed E-state index contributed by atoms with van der Waals surface area (Å²) in [6, 6.07) is 14.9. The zero-order valence-corrected chi connectivity index (χ0v) is 17.5. The molecule has 1 aliphatic carbocycles. The molecule has 0 N–H and O–H groups in total. The Labute approximate surface area is 180 Å². The number of hydrogen-bond donors (Lipinski definition) is 0. The summed E-state index contributed by atoms with van der Waals surface area (Å²) in [6.45, 7) is 0.361. The van der Waals surface area contributed by atoms with Gasteiger partial charge < -0.3 is 4.74 Å².